The summed E-state index contributed by atoms with van der Waals surface area (Å²) >= 11 is 0. The summed E-state index contributed by atoms with van der Waals surface area (Å²) in [5.41, 5.74) is -0.425. The van der Waals surface area contributed by atoms with Crippen molar-refractivity contribution in [2.24, 2.45) is 5.92 Å². The van der Waals surface area contributed by atoms with Gasteiger partial charge in [0.1, 0.15) is 24.5 Å². The van der Waals surface area contributed by atoms with Gasteiger partial charge in [-0.2, -0.15) is 0 Å². The fraction of sp³-hybridized carbons (Fsp3) is 0.667. The number of rotatable bonds is 8. The van der Waals surface area contributed by atoms with Crippen molar-refractivity contribution < 1.29 is 49.1 Å². The van der Waals surface area contributed by atoms with E-state index in [4.69, 9.17) is 14.6 Å². The number of carbonyl (C=O) groups excluding carboxylic acids is 1. The van der Waals surface area contributed by atoms with E-state index in [2.05, 4.69) is 5.32 Å². The standard InChI is InChI=1S/C24H36N2O9/c1-26(2,23-20(31)18(29)19(30)21(35-23)22(32)25-12-17(27)28)13-15-7-4-5-10-24(15,33)14-8-6-9-16(11-14)34-3/h6,8-9,11,15,18-21,23,29-31,33H,4-5,7,10,12-13H2,1-3H3,(H-,25,27,28,32)/p+1. The topological polar surface area (TPSA) is 166 Å². The van der Waals surface area contributed by atoms with E-state index < -0.39 is 54.7 Å². The van der Waals surface area contributed by atoms with E-state index in [1.165, 1.54) is 0 Å². The largest absolute Gasteiger partial charge is 0.497 e. The average molecular weight is 498 g/mol. The van der Waals surface area contributed by atoms with Crippen LogP contribution in [0.4, 0.5) is 0 Å². The number of nitrogens with zero attached hydrogens (tertiary/aromatic N) is 1. The van der Waals surface area contributed by atoms with E-state index in [0.29, 0.717) is 25.1 Å². The first-order valence-corrected chi connectivity index (χ1v) is 11.8. The molecule has 1 heterocycles. The van der Waals surface area contributed by atoms with Gasteiger partial charge < -0.3 is 44.8 Å². The van der Waals surface area contributed by atoms with E-state index >= 15 is 0 Å². The van der Waals surface area contributed by atoms with Gasteiger partial charge in [0.2, 0.25) is 6.23 Å². The van der Waals surface area contributed by atoms with Gasteiger partial charge in [0.25, 0.3) is 5.91 Å². The van der Waals surface area contributed by atoms with Gasteiger partial charge in [-0.05, 0) is 30.5 Å². The molecule has 35 heavy (non-hydrogen) atoms. The highest BCUT2D eigenvalue weighted by Crippen LogP contribution is 2.44. The first-order chi connectivity index (χ1) is 16.4. The van der Waals surface area contributed by atoms with Crippen LogP contribution in [0, 0.1) is 5.92 Å². The Bertz CT molecular complexity index is 911. The van der Waals surface area contributed by atoms with Gasteiger partial charge in [0.15, 0.2) is 12.2 Å². The molecule has 1 amide bonds. The lowest BCUT2D eigenvalue weighted by atomic mass is 9.71. The number of methoxy groups -OCH3 is 1. The monoisotopic (exact) mass is 497 g/mol. The highest BCUT2D eigenvalue weighted by Gasteiger charge is 2.54. The molecule has 1 aliphatic heterocycles. The van der Waals surface area contributed by atoms with Crippen molar-refractivity contribution in [2.75, 3.05) is 34.3 Å². The number of amides is 1. The third kappa shape index (κ3) is 5.76. The van der Waals surface area contributed by atoms with Crippen molar-refractivity contribution in [1.82, 2.24) is 5.32 Å². The molecule has 11 heteroatoms. The van der Waals surface area contributed by atoms with Crippen molar-refractivity contribution in [3.63, 3.8) is 0 Å². The molecule has 7 atom stereocenters. The van der Waals surface area contributed by atoms with Crippen LogP contribution in [0.2, 0.25) is 0 Å². The number of aliphatic hydroxyl groups excluding tert-OH is 3. The molecular weight excluding hydrogens is 460 g/mol. The van der Waals surface area contributed by atoms with Crippen molar-refractivity contribution in [3.05, 3.63) is 29.8 Å². The number of benzene rings is 1. The lowest BCUT2D eigenvalue weighted by Gasteiger charge is -2.50. The Kier molecular flexibility index (Phi) is 8.40. The van der Waals surface area contributed by atoms with Crippen LogP contribution >= 0.6 is 0 Å². The van der Waals surface area contributed by atoms with Crippen molar-refractivity contribution in [1.29, 1.82) is 0 Å². The van der Waals surface area contributed by atoms with Crippen LogP contribution in [0.1, 0.15) is 31.2 Å². The number of carboxylic acid groups (broad SMARTS) is 1. The van der Waals surface area contributed by atoms with Crippen LogP contribution in [0.5, 0.6) is 5.75 Å². The summed E-state index contributed by atoms with van der Waals surface area (Å²) < 4.78 is 11.1. The Morgan fingerprint density at radius 2 is 1.89 bits per heavy atom. The summed E-state index contributed by atoms with van der Waals surface area (Å²) in [5.74, 6) is -1.78. The number of carbonyl (C=O) groups is 2. The lowest BCUT2D eigenvalue weighted by Crippen LogP contribution is -2.70. The summed E-state index contributed by atoms with van der Waals surface area (Å²) in [7, 11) is 5.07. The predicted octanol–water partition coefficient (Wildman–Crippen LogP) is -0.842. The van der Waals surface area contributed by atoms with Gasteiger partial charge in [-0.1, -0.05) is 25.0 Å². The fourth-order valence-electron chi connectivity index (χ4n) is 5.33. The number of aliphatic hydroxyl groups is 4. The summed E-state index contributed by atoms with van der Waals surface area (Å²) in [4.78, 5) is 23.3. The Morgan fingerprint density at radius 3 is 2.54 bits per heavy atom. The molecular formula is C24H37N2O9+. The van der Waals surface area contributed by atoms with Crippen LogP contribution in [-0.4, -0.2) is 107 Å². The van der Waals surface area contributed by atoms with E-state index in [1.54, 1.807) is 27.3 Å². The normalized spacial score (nSPS) is 33.7. The predicted molar refractivity (Wildman–Crippen MR) is 123 cm³/mol. The quantitative estimate of drug-likeness (QED) is 0.251. The number of nitrogens with one attached hydrogen (secondary N) is 1. The lowest BCUT2D eigenvalue weighted by molar-refractivity contribution is -0.948. The van der Waals surface area contributed by atoms with E-state index in [-0.39, 0.29) is 10.4 Å². The van der Waals surface area contributed by atoms with E-state index in [0.717, 1.165) is 18.4 Å². The molecule has 11 nitrogen and oxygen atoms in total. The van der Waals surface area contributed by atoms with Gasteiger partial charge >= 0.3 is 5.97 Å². The fourth-order valence-corrected chi connectivity index (χ4v) is 5.33. The zero-order valence-corrected chi connectivity index (χ0v) is 20.3. The summed E-state index contributed by atoms with van der Waals surface area (Å²) in [6.45, 7) is -0.343. The summed E-state index contributed by atoms with van der Waals surface area (Å²) in [5, 5.41) is 54.3. The number of ether oxygens (including phenoxy) is 2. The van der Waals surface area contributed by atoms with Gasteiger partial charge in [-0.3, -0.25) is 9.59 Å². The van der Waals surface area contributed by atoms with Crippen molar-refractivity contribution in [3.8, 4) is 5.75 Å². The van der Waals surface area contributed by atoms with E-state index in [9.17, 15) is 30.0 Å². The number of hydrogen-bond acceptors (Lipinski definition) is 8. The molecule has 0 spiro atoms. The zero-order chi connectivity index (χ0) is 26.0. The van der Waals surface area contributed by atoms with Gasteiger partial charge in [0, 0.05) is 5.92 Å². The van der Waals surface area contributed by atoms with Crippen molar-refractivity contribution in [2.45, 2.75) is 61.9 Å². The van der Waals surface area contributed by atoms with Crippen molar-refractivity contribution >= 4 is 11.9 Å². The molecule has 0 bridgehead atoms. The van der Waals surface area contributed by atoms with Gasteiger partial charge in [-0.15, -0.1) is 0 Å². The maximum Gasteiger partial charge on any atom is 0.322 e. The Hall–Kier alpha value is -2.28. The van der Waals surface area contributed by atoms with Crippen LogP contribution in [0.25, 0.3) is 0 Å². The second-order valence-corrected chi connectivity index (χ2v) is 10.1. The van der Waals surface area contributed by atoms with Gasteiger partial charge in [0.05, 0.1) is 33.4 Å². The molecule has 1 saturated carbocycles. The highest BCUT2D eigenvalue weighted by molar-refractivity contribution is 5.85. The first kappa shape index (κ1) is 27.3. The molecule has 7 unspecified atom stereocenters. The molecule has 1 saturated heterocycles. The number of quaternary nitrogens is 1. The Balaban J connectivity index is 1.84. The SMILES string of the molecule is COc1cccc(C2(O)CCCCC2C[N+](C)(C)C2OC(C(=O)NCC(=O)O)C(O)C(O)C2O)c1. The second kappa shape index (κ2) is 10.8. The second-order valence-electron chi connectivity index (χ2n) is 10.1. The molecule has 6 N–H and O–H groups in total. The molecule has 1 aliphatic carbocycles. The molecule has 3 rings (SSSR count). The van der Waals surface area contributed by atoms with E-state index in [1.807, 2.05) is 18.2 Å². The average Bonchev–Trinajstić information content (AvgIpc) is 2.82. The molecule has 0 aromatic heterocycles. The van der Waals surface area contributed by atoms with Crippen LogP contribution in [0.3, 0.4) is 0 Å². The zero-order valence-electron chi connectivity index (χ0n) is 20.3. The Labute approximate surface area is 204 Å². The first-order valence-electron chi connectivity index (χ1n) is 11.8. The summed E-state index contributed by atoms with van der Waals surface area (Å²) in [6.07, 6.45) is -4.62. The third-order valence-electron chi connectivity index (χ3n) is 7.25. The molecule has 2 aliphatic rings. The van der Waals surface area contributed by atoms with Crippen LogP contribution in [-0.2, 0) is 19.9 Å². The minimum absolute atomic E-state index is 0.0232. The maximum absolute atomic E-state index is 12.5. The number of carboxylic acids is 1. The van der Waals surface area contributed by atoms with Gasteiger partial charge in [-0.25, -0.2) is 0 Å². The molecule has 1 aromatic carbocycles. The minimum Gasteiger partial charge on any atom is -0.497 e. The van der Waals surface area contributed by atoms with Crippen LogP contribution in [0.15, 0.2) is 24.3 Å². The Morgan fingerprint density at radius 1 is 1.17 bits per heavy atom. The maximum atomic E-state index is 12.5. The molecule has 2 fully saturated rings. The highest BCUT2D eigenvalue weighted by atomic mass is 16.6. The molecule has 1 aromatic rings. The minimum atomic E-state index is -1.74. The van der Waals surface area contributed by atoms with Crippen LogP contribution < -0.4 is 10.1 Å². The third-order valence-corrected chi connectivity index (χ3v) is 7.25. The smallest absolute Gasteiger partial charge is 0.322 e. The summed E-state index contributed by atoms with van der Waals surface area (Å²) in [6, 6.07) is 7.30. The number of aliphatic carboxylic acids is 1. The number of hydrogen-bond donors (Lipinski definition) is 6. The molecule has 0 radical (unpaired) electrons. The number of likely N-dealkylation sites (N-methyl/N-ethyl adjacent to an activating group) is 1. The molecule has 196 valence electrons.